The molecule has 24 heavy (non-hydrogen) atoms. The molecule has 4 rings (SSSR count). The Kier molecular flexibility index (Phi) is 3.50. The molecule has 0 N–H and O–H groups in total. The summed E-state index contributed by atoms with van der Waals surface area (Å²) in [7, 11) is 0. The number of halogens is 1. The summed E-state index contributed by atoms with van der Waals surface area (Å²) in [6.45, 7) is 0.347. The molecule has 0 aliphatic heterocycles. The van der Waals surface area contributed by atoms with Crippen molar-refractivity contribution in [1.82, 2.24) is 18.9 Å². The Hall–Kier alpha value is -2.80. The van der Waals surface area contributed by atoms with Crippen molar-refractivity contribution in [3.63, 3.8) is 0 Å². The number of aldehydes is 1. The van der Waals surface area contributed by atoms with Crippen LogP contribution in [0.5, 0.6) is 0 Å². The second kappa shape index (κ2) is 5.68. The van der Waals surface area contributed by atoms with Crippen molar-refractivity contribution in [3.8, 4) is 0 Å². The van der Waals surface area contributed by atoms with E-state index in [0.29, 0.717) is 17.5 Å². The zero-order chi connectivity index (χ0) is 16.7. The summed E-state index contributed by atoms with van der Waals surface area (Å²) in [5.74, 6) is 0. The summed E-state index contributed by atoms with van der Waals surface area (Å²) < 4.78 is 4.17. The lowest BCUT2D eigenvalue weighted by Gasteiger charge is -2.06. The minimum absolute atomic E-state index is 0.119. The summed E-state index contributed by atoms with van der Waals surface area (Å²) in [6, 6.07) is 5.37. The lowest BCUT2D eigenvalue weighted by molar-refractivity contribution is 0.112. The number of hydrogen-bond acceptors (Lipinski definition) is 4. The fraction of sp³-hybridized carbons (Fsp3) is 0.0588. The predicted molar refractivity (Wildman–Crippen MR) is 93.4 cm³/mol. The Balaban J connectivity index is 1.78. The van der Waals surface area contributed by atoms with Gasteiger partial charge in [-0.2, -0.15) is 0 Å². The van der Waals surface area contributed by atoms with Gasteiger partial charge in [0.15, 0.2) is 6.29 Å². The Morgan fingerprint density at radius 3 is 2.83 bits per heavy atom. The van der Waals surface area contributed by atoms with E-state index < -0.39 is 0 Å². The SMILES string of the molecule is O=Cc1ccc2nc(Cn3ccc4c(Br)cncc4c3=O)cn2c1. The van der Waals surface area contributed by atoms with Gasteiger partial charge in [-0.05, 0) is 34.1 Å². The summed E-state index contributed by atoms with van der Waals surface area (Å²) >= 11 is 3.40. The highest BCUT2D eigenvalue weighted by molar-refractivity contribution is 9.10. The minimum Gasteiger partial charge on any atom is -0.309 e. The quantitative estimate of drug-likeness (QED) is 0.510. The van der Waals surface area contributed by atoms with Crippen LogP contribution >= 0.6 is 15.9 Å². The van der Waals surface area contributed by atoms with Crippen molar-refractivity contribution in [2.45, 2.75) is 6.54 Å². The highest BCUT2D eigenvalue weighted by atomic mass is 79.9. The van der Waals surface area contributed by atoms with Crippen LogP contribution in [-0.2, 0) is 6.54 Å². The van der Waals surface area contributed by atoms with E-state index in [1.54, 1.807) is 45.9 Å². The molecule has 0 atom stereocenters. The first-order chi connectivity index (χ1) is 11.7. The van der Waals surface area contributed by atoms with E-state index in [4.69, 9.17) is 0 Å². The summed E-state index contributed by atoms with van der Waals surface area (Å²) in [6.07, 6.45) is 9.30. The minimum atomic E-state index is -0.119. The van der Waals surface area contributed by atoms with Crippen molar-refractivity contribution in [2.24, 2.45) is 0 Å². The van der Waals surface area contributed by atoms with Crippen LogP contribution in [-0.4, -0.2) is 25.2 Å². The highest BCUT2D eigenvalue weighted by Crippen LogP contribution is 2.19. The molecule has 0 aliphatic rings. The van der Waals surface area contributed by atoms with Gasteiger partial charge < -0.3 is 8.97 Å². The third-order valence-electron chi connectivity index (χ3n) is 3.84. The normalized spacial score (nSPS) is 11.2. The number of nitrogens with zero attached hydrogens (tertiary/aromatic N) is 4. The van der Waals surface area contributed by atoms with Crippen LogP contribution < -0.4 is 5.56 Å². The van der Waals surface area contributed by atoms with E-state index >= 15 is 0 Å². The third-order valence-corrected chi connectivity index (χ3v) is 4.48. The van der Waals surface area contributed by atoms with Crippen LogP contribution in [0.3, 0.4) is 0 Å². The molecule has 4 heterocycles. The van der Waals surface area contributed by atoms with E-state index in [2.05, 4.69) is 25.9 Å². The number of carbonyl (C=O) groups excluding carboxylic acids is 1. The molecule has 0 saturated carbocycles. The van der Waals surface area contributed by atoms with Crippen LogP contribution in [0.4, 0.5) is 0 Å². The maximum Gasteiger partial charge on any atom is 0.260 e. The summed E-state index contributed by atoms with van der Waals surface area (Å²) in [5.41, 5.74) is 1.92. The number of hydrogen-bond donors (Lipinski definition) is 0. The van der Waals surface area contributed by atoms with Crippen LogP contribution in [0.1, 0.15) is 16.1 Å². The molecule has 0 unspecified atom stereocenters. The van der Waals surface area contributed by atoms with Crippen molar-refractivity contribution >= 4 is 38.6 Å². The largest absolute Gasteiger partial charge is 0.309 e. The van der Waals surface area contributed by atoms with Gasteiger partial charge >= 0.3 is 0 Å². The second-order valence-corrected chi connectivity index (χ2v) is 6.26. The Morgan fingerprint density at radius 2 is 2.00 bits per heavy atom. The average molecular weight is 383 g/mol. The molecule has 0 fully saturated rings. The van der Waals surface area contributed by atoms with E-state index in [1.807, 2.05) is 12.3 Å². The number of aromatic nitrogens is 4. The molecule has 0 saturated heterocycles. The van der Waals surface area contributed by atoms with Gasteiger partial charge in [-0.25, -0.2) is 4.98 Å². The smallest absolute Gasteiger partial charge is 0.260 e. The summed E-state index contributed by atoms with van der Waals surface area (Å²) in [4.78, 5) is 32.0. The van der Waals surface area contributed by atoms with Crippen molar-refractivity contribution in [1.29, 1.82) is 0 Å². The molecular weight excluding hydrogens is 372 g/mol. The lowest BCUT2D eigenvalue weighted by atomic mass is 10.2. The molecular formula is C17H11BrN4O2. The Bertz CT molecular complexity index is 1150. The first-order valence-electron chi connectivity index (χ1n) is 7.21. The fourth-order valence-electron chi connectivity index (χ4n) is 2.68. The van der Waals surface area contributed by atoms with E-state index in [1.165, 1.54) is 0 Å². The number of rotatable bonds is 3. The molecule has 7 heteroatoms. The molecule has 118 valence electrons. The highest BCUT2D eigenvalue weighted by Gasteiger charge is 2.08. The first kappa shape index (κ1) is 14.8. The van der Waals surface area contributed by atoms with Crippen molar-refractivity contribution in [2.75, 3.05) is 0 Å². The zero-order valence-corrected chi connectivity index (χ0v) is 14.0. The van der Waals surface area contributed by atoms with E-state index in [0.717, 1.165) is 27.5 Å². The lowest BCUT2D eigenvalue weighted by Crippen LogP contribution is -2.20. The Labute approximate surface area is 144 Å². The molecule has 0 radical (unpaired) electrons. The second-order valence-electron chi connectivity index (χ2n) is 5.41. The van der Waals surface area contributed by atoms with Crippen molar-refractivity contribution in [3.05, 3.63) is 75.3 Å². The van der Waals surface area contributed by atoms with Gasteiger partial charge in [0.25, 0.3) is 5.56 Å². The molecule has 0 bridgehead atoms. The maximum absolute atomic E-state index is 12.6. The van der Waals surface area contributed by atoms with Crippen LogP contribution in [0.15, 0.2) is 58.5 Å². The maximum atomic E-state index is 12.6. The van der Waals surface area contributed by atoms with Gasteiger partial charge in [-0.15, -0.1) is 0 Å². The van der Waals surface area contributed by atoms with Gasteiger partial charge in [0.2, 0.25) is 0 Å². The molecule has 4 aromatic heterocycles. The van der Waals surface area contributed by atoms with Crippen LogP contribution in [0, 0.1) is 0 Å². The Morgan fingerprint density at radius 1 is 1.12 bits per heavy atom. The molecule has 6 nitrogen and oxygen atoms in total. The number of fused-ring (bicyclic) bond motifs is 2. The van der Waals surface area contributed by atoms with Gasteiger partial charge in [-0.3, -0.25) is 14.6 Å². The molecule has 0 amide bonds. The molecule has 0 aliphatic carbocycles. The van der Waals surface area contributed by atoms with Crippen LogP contribution in [0.25, 0.3) is 16.4 Å². The molecule has 0 aromatic carbocycles. The number of imidazole rings is 1. The van der Waals surface area contributed by atoms with E-state index in [9.17, 15) is 9.59 Å². The monoisotopic (exact) mass is 382 g/mol. The van der Waals surface area contributed by atoms with Crippen LogP contribution in [0.2, 0.25) is 0 Å². The van der Waals surface area contributed by atoms with E-state index in [-0.39, 0.29) is 5.56 Å². The topological polar surface area (TPSA) is 69.3 Å². The molecule has 4 aromatic rings. The fourth-order valence-corrected chi connectivity index (χ4v) is 3.14. The number of carbonyl (C=O) groups is 1. The van der Waals surface area contributed by atoms with Gasteiger partial charge in [-0.1, -0.05) is 0 Å². The number of pyridine rings is 3. The first-order valence-corrected chi connectivity index (χ1v) is 8.00. The standard InChI is InChI=1S/C17H11BrN4O2/c18-15-6-19-5-14-13(15)3-4-21(17(14)24)8-12-9-22-7-11(10-23)1-2-16(22)20-12/h1-7,9-10H,8H2. The summed E-state index contributed by atoms with van der Waals surface area (Å²) in [5, 5.41) is 1.38. The zero-order valence-electron chi connectivity index (χ0n) is 12.4. The van der Waals surface area contributed by atoms with Gasteiger partial charge in [0.05, 0.1) is 17.6 Å². The van der Waals surface area contributed by atoms with Crippen molar-refractivity contribution < 1.29 is 4.79 Å². The average Bonchev–Trinajstić information content (AvgIpc) is 2.99. The molecule has 0 spiro atoms. The van der Waals surface area contributed by atoms with Gasteiger partial charge in [0, 0.05) is 46.4 Å². The third kappa shape index (κ3) is 2.43. The predicted octanol–water partition coefficient (Wildman–Crippen LogP) is 2.67. The van der Waals surface area contributed by atoms with Gasteiger partial charge in [0.1, 0.15) is 5.65 Å².